The van der Waals surface area contributed by atoms with Gasteiger partial charge in [-0.25, -0.2) is 4.79 Å². The van der Waals surface area contributed by atoms with E-state index in [-0.39, 0.29) is 16.5 Å². The molecule has 0 aliphatic heterocycles. The van der Waals surface area contributed by atoms with Crippen LogP contribution in [0.25, 0.3) is 0 Å². The molecular formula is C18H13NO4S. The number of ether oxygens (including phenoxy) is 1. The van der Waals surface area contributed by atoms with Gasteiger partial charge in [-0.1, -0.05) is 30.3 Å². The smallest absolute Gasteiger partial charge is 0.349 e. The number of para-hydroxylation sites is 2. The summed E-state index contributed by atoms with van der Waals surface area (Å²) in [4.78, 5) is 23.6. The van der Waals surface area contributed by atoms with E-state index < -0.39 is 5.97 Å². The summed E-state index contributed by atoms with van der Waals surface area (Å²) in [5, 5.41) is 13.6. The number of hydrogen-bond acceptors (Lipinski definition) is 4. The van der Waals surface area contributed by atoms with Crippen LogP contribution in [0.3, 0.4) is 0 Å². The van der Waals surface area contributed by atoms with Crippen molar-refractivity contribution in [1.29, 1.82) is 0 Å². The summed E-state index contributed by atoms with van der Waals surface area (Å²) < 4.78 is 5.69. The Morgan fingerprint density at radius 3 is 2.38 bits per heavy atom. The van der Waals surface area contributed by atoms with Crippen molar-refractivity contribution in [2.75, 3.05) is 5.32 Å². The van der Waals surface area contributed by atoms with Gasteiger partial charge in [0.25, 0.3) is 5.91 Å². The molecule has 1 aromatic heterocycles. The van der Waals surface area contributed by atoms with Crippen LogP contribution in [0.15, 0.2) is 66.0 Å². The summed E-state index contributed by atoms with van der Waals surface area (Å²) >= 11 is 1.08. The van der Waals surface area contributed by atoms with E-state index in [1.165, 1.54) is 0 Å². The van der Waals surface area contributed by atoms with E-state index in [4.69, 9.17) is 9.84 Å². The standard InChI is InChI=1S/C18H13NO4S/c20-17(12-6-2-1-3-7-12)19-13-8-4-5-9-14(13)23-15-10-11-24-16(15)18(21)22/h1-11H,(H,19,20)(H,21,22). The fourth-order valence-corrected chi connectivity index (χ4v) is 2.75. The largest absolute Gasteiger partial charge is 0.477 e. The highest BCUT2D eigenvalue weighted by atomic mass is 32.1. The predicted molar refractivity (Wildman–Crippen MR) is 92.2 cm³/mol. The van der Waals surface area contributed by atoms with Crippen LogP contribution in [0.5, 0.6) is 11.5 Å². The highest BCUT2D eigenvalue weighted by Crippen LogP contribution is 2.34. The lowest BCUT2D eigenvalue weighted by Gasteiger charge is -2.12. The number of amides is 1. The number of carboxylic acids is 1. The molecule has 0 spiro atoms. The van der Waals surface area contributed by atoms with Crippen LogP contribution in [0.4, 0.5) is 5.69 Å². The topological polar surface area (TPSA) is 75.6 Å². The minimum Gasteiger partial charge on any atom is -0.477 e. The van der Waals surface area contributed by atoms with Crippen LogP contribution < -0.4 is 10.1 Å². The van der Waals surface area contributed by atoms with Crippen molar-refractivity contribution in [2.24, 2.45) is 0 Å². The Morgan fingerprint density at radius 2 is 1.62 bits per heavy atom. The maximum atomic E-state index is 12.3. The minimum atomic E-state index is -1.05. The number of rotatable bonds is 5. The Balaban J connectivity index is 1.84. The third-order valence-electron chi connectivity index (χ3n) is 3.21. The van der Waals surface area contributed by atoms with Crippen molar-refractivity contribution >= 4 is 28.9 Å². The number of hydrogen-bond donors (Lipinski definition) is 2. The second kappa shape index (κ2) is 6.97. The summed E-state index contributed by atoms with van der Waals surface area (Å²) in [6, 6.07) is 17.3. The summed E-state index contributed by atoms with van der Waals surface area (Å²) in [5.74, 6) is -0.696. The van der Waals surface area contributed by atoms with Gasteiger partial charge in [-0.15, -0.1) is 11.3 Å². The quantitative estimate of drug-likeness (QED) is 0.718. The van der Waals surface area contributed by atoms with Gasteiger partial charge in [0.1, 0.15) is 0 Å². The van der Waals surface area contributed by atoms with Gasteiger partial charge in [0.15, 0.2) is 16.4 Å². The zero-order valence-electron chi connectivity index (χ0n) is 12.4. The van der Waals surface area contributed by atoms with E-state index in [0.29, 0.717) is 17.0 Å². The van der Waals surface area contributed by atoms with Crippen LogP contribution in [0.2, 0.25) is 0 Å². The van der Waals surface area contributed by atoms with Crippen LogP contribution in [-0.4, -0.2) is 17.0 Å². The summed E-state index contributed by atoms with van der Waals surface area (Å²) in [6.45, 7) is 0. The molecule has 3 rings (SSSR count). The number of carbonyl (C=O) groups excluding carboxylic acids is 1. The van der Waals surface area contributed by atoms with E-state index in [0.717, 1.165) is 11.3 Å². The zero-order chi connectivity index (χ0) is 16.9. The fraction of sp³-hybridized carbons (Fsp3) is 0. The molecule has 0 aliphatic rings. The Bertz CT molecular complexity index is 873. The van der Waals surface area contributed by atoms with Crippen molar-refractivity contribution in [3.8, 4) is 11.5 Å². The first-order valence-electron chi connectivity index (χ1n) is 7.09. The molecule has 0 unspecified atom stereocenters. The van der Waals surface area contributed by atoms with E-state index in [9.17, 15) is 9.59 Å². The minimum absolute atomic E-state index is 0.110. The van der Waals surface area contributed by atoms with E-state index in [2.05, 4.69) is 5.32 Å². The normalized spacial score (nSPS) is 10.2. The Morgan fingerprint density at radius 1 is 0.917 bits per heavy atom. The molecule has 120 valence electrons. The lowest BCUT2D eigenvalue weighted by molar-refractivity contribution is 0.0699. The zero-order valence-corrected chi connectivity index (χ0v) is 13.2. The van der Waals surface area contributed by atoms with Gasteiger partial charge in [-0.05, 0) is 35.7 Å². The molecule has 0 aliphatic carbocycles. The maximum Gasteiger partial charge on any atom is 0.349 e. The van der Waals surface area contributed by atoms with E-state index in [1.807, 2.05) is 6.07 Å². The third kappa shape index (κ3) is 3.44. The second-order valence-electron chi connectivity index (χ2n) is 4.84. The number of carboxylic acid groups (broad SMARTS) is 1. The molecule has 1 amide bonds. The molecule has 1 heterocycles. The molecule has 6 heteroatoms. The lowest BCUT2D eigenvalue weighted by Crippen LogP contribution is -2.12. The van der Waals surface area contributed by atoms with Crippen molar-refractivity contribution in [3.63, 3.8) is 0 Å². The Kier molecular flexibility index (Phi) is 4.58. The molecule has 0 radical (unpaired) electrons. The summed E-state index contributed by atoms with van der Waals surface area (Å²) in [6.07, 6.45) is 0. The molecule has 2 aromatic carbocycles. The van der Waals surface area contributed by atoms with Crippen molar-refractivity contribution in [1.82, 2.24) is 0 Å². The maximum absolute atomic E-state index is 12.3. The molecule has 0 saturated carbocycles. The van der Waals surface area contributed by atoms with Crippen molar-refractivity contribution in [3.05, 3.63) is 76.5 Å². The van der Waals surface area contributed by atoms with E-state index >= 15 is 0 Å². The molecule has 3 aromatic rings. The van der Waals surface area contributed by atoms with Crippen LogP contribution in [-0.2, 0) is 0 Å². The van der Waals surface area contributed by atoms with Gasteiger partial charge in [-0.3, -0.25) is 4.79 Å². The SMILES string of the molecule is O=C(Nc1ccccc1Oc1ccsc1C(=O)O)c1ccccc1. The average Bonchev–Trinajstić information content (AvgIpc) is 3.06. The van der Waals surface area contributed by atoms with E-state index in [1.54, 1.807) is 60.0 Å². The first kappa shape index (κ1) is 15.8. The van der Waals surface area contributed by atoms with Crippen LogP contribution >= 0.6 is 11.3 Å². The second-order valence-corrected chi connectivity index (χ2v) is 5.75. The first-order chi connectivity index (χ1) is 11.6. The number of benzene rings is 2. The highest BCUT2D eigenvalue weighted by Gasteiger charge is 2.16. The fourth-order valence-electron chi connectivity index (χ4n) is 2.10. The van der Waals surface area contributed by atoms with Gasteiger partial charge in [0.2, 0.25) is 0 Å². The molecular weight excluding hydrogens is 326 g/mol. The Labute approximate surface area is 142 Å². The third-order valence-corrected chi connectivity index (χ3v) is 4.10. The molecule has 2 N–H and O–H groups in total. The number of thiophene rings is 1. The summed E-state index contributed by atoms with van der Waals surface area (Å²) in [7, 11) is 0. The van der Waals surface area contributed by atoms with Crippen LogP contribution in [0.1, 0.15) is 20.0 Å². The van der Waals surface area contributed by atoms with Gasteiger partial charge in [0, 0.05) is 5.56 Å². The number of nitrogens with one attached hydrogen (secondary N) is 1. The summed E-state index contributed by atoms with van der Waals surface area (Å²) in [5.41, 5.74) is 0.989. The van der Waals surface area contributed by atoms with Gasteiger partial charge < -0.3 is 15.2 Å². The van der Waals surface area contributed by atoms with Gasteiger partial charge >= 0.3 is 5.97 Å². The molecule has 5 nitrogen and oxygen atoms in total. The molecule has 0 fully saturated rings. The lowest BCUT2D eigenvalue weighted by atomic mass is 10.2. The van der Waals surface area contributed by atoms with Gasteiger partial charge in [0.05, 0.1) is 5.69 Å². The molecule has 24 heavy (non-hydrogen) atoms. The average molecular weight is 339 g/mol. The molecule has 0 bridgehead atoms. The number of carbonyl (C=O) groups is 2. The van der Waals surface area contributed by atoms with Crippen molar-refractivity contribution < 1.29 is 19.4 Å². The predicted octanol–water partition coefficient (Wildman–Crippen LogP) is 4.49. The van der Waals surface area contributed by atoms with Gasteiger partial charge in [-0.2, -0.15) is 0 Å². The van der Waals surface area contributed by atoms with Crippen molar-refractivity contribution in [2.45, 2.75) is 0 Å². The monoisotopic (exact) mass is 339 g/mol. The number of aromatic carboxylic acids is 1. The first-order valence-corrected chi connectivity index (χ1v) is 7.97. The number of anilines is 1. The highest BCUT2D eigenvalue weighted by molar-refractivity contribution is 7.12. The molecule has 0 atom stereocenters. The Hall–Kier alpha value is -3.12. The van der Waals surface area contributed by atoms with Crippen LogP contribution in [0, 0.1) is 0 Å². The molecule has 0 saturated heterocycles.